The van der Waals surface area contributed by atoms with Gasteiger partial charge in [0.1, 0.15) is 11.6 Å². The van der Waals surface area contributed by atoms with Gasteiger partial charge in [-0.25, -0.2) is 19.0 Å². The Labute approximate surface area is 187 Å². The fraction of sp³-hybridized carbons (Fsp3) is 0.105. The molecule has 0 atom stereocenters. The van der Waals surface area contributed by atoms with Gasteiger partial charge in [-0.1, -0.05) is 6.07 Å². The molecule has 3 rings (SSSR count). The van der Waals surface area contributed by atoms with E-state index in [1.54, 1.807) is 24.3 Å². The number of hydrogen-bond acceptors (Lipinski definition) is 6. The van der Waals surface area contributed by atoms with E-state index in [0.29, 0.717) is 16.9 Å². The number of esters is 2. The van der Waals surface area contributed by atoms with Crippen LogP contribution in [-0.4, -0.2) is 31.6 Å². The summed E-state index contributed by atoms with van der Waals surface area (Å²) in [5.74, 6) is -0.939. The molecule has 0 radical (unpaired) electrons. The first-order valence-corrected chi connectivity index (χ1v) is 10.0. The molecular formula is C19H12FI2NO5. The normalized spacial score (nSPS) is 14.6. The average molecular weight is 607 g/mol. The third-order valence-electron chi connectivity index (χ3n) is 3.58. The van der Waals surface area contributed by atoms with Crippen LogP contribution in [-0.2, 0) is 19.1 Å². The highest BCUT2D eigenvalue weighted by molar-refractivity contribution is 14.1. The van der Waals surface area contributed by atoms with Gasteiger partial charge in [-0.15, -0.1) is 0 Å². The van der Waals surface area contributed by atoms with Crippen molar-refractivity contribution in [2.24, 2.45) is 4.99 Å². The number of ether oxygens (including phenoxy) is 3. The summed E-state index contributed by atoms with van der Waals surface area (Å²) in [7, 11) is 1.29. The van der Waals surface area contributed by atoms with Crippen LogP contribution < -0.4 is 4.74 Å². The van der Waals surface area contributed by atoms with E-state index in [9.17, 15) is 14.0 Å². The molecule has 2 aromatic rings. The number of cyclic esters (lactones) is 1. The van der Waals surface area contributed by atoms with Crippen molar-refractivity contribution in [2.45, 2.75) is 0 Å². The second kappa shape index (κ2) is 8.99. The van der Waals surface area contributed by atoms with Crippen molar-refractivity contribution in [1.82, 2.24) is 0 Å². The summed E-state index contributed by atoms with van der Waals surface area (Å²) in [5, 5.41) is 0. The second-order valence-electron chi connectivity index (χ2n) is 5.52. The fourth-order valence-corrected chi connectivity index (χ4v) is 4.43. The second-order valence-corrected chi connectivity index (χ2v) is 7.85. The molecule has 1 heterocycles. The molecule has 0 saturated heterocycles. The van der Waals surface area contributed by atoms with E-state index >= 15 is 0 Å². The molecule has 0 aliphatic carbocycles. The smallest absolute Gasteiger partial charge is 0.363 e. The number of benzene rings is 2. The number of hydrogen-bond donors (Lipinski definition) is 0. The molecule has 0 bridgehead atoms. The maximum absolute atomic E-state index is 13.4. The van der Waals surface area contributed by atoms with Crippen LogP contribution in [0.25, 0.3) is 6.08 Å². The molecule has 9 heteroatoms. The molecule has 2 aromatic carbocycles. The third kappa shape index (κ3) is 4.87. The van der Waals surface area contributed by atoms with Gasteiger partial charge < -0.3 is 14.2 Å². The minimum Gasteiger partial charge on any atom is -0.480 e. The van der Waals surface area contributed by atoms with E-state index in [1.165, 1.54) is 25.3 Å². The summed E-state index contributed by atoms with van der Waals surface area (Å²) in [6.45, 7) is -0.198. The van der Waals surface area contributed by atoms with Crippen LogP contribution in [0.15, 0.2) is 47.1 Å². The maximum atomic E-state index is 13.4. The predicted octanol–water partition coefficient (Wildman–Crippen LogP) is 3.93. The highest BCUT2D eigenvalue weighted by Gasteiger charge is 2.24. The van der Waals surface area contributed by atoms with Gasteiger partial charge >= 0.3 is 11.9 Å². The molecule has 0 unspecified atom stereocenters. The van der Waals surface area contributed by atoms with Crippen LogP contribution in [0.4, 0.5) is 4.39 Å². The Kier molecular flexibility index (Phi) is 6.65. The van der Waals surface area contributed by atoms with Crippen LogP contribution in [0.1, 0.15) is 11.1 Å². The molecule has 1 aliphatic heterocycles. The zero-order chi connectivity index (χ0) is 20.3. The number of halogens is 3. The Hall–Kier alpha value is -2.02. The lowest BCUT2D eigenvalue weighted by Crippen LogP contribution is -2.13. The Morgan fingerprint density at radius 2 is 1.96 bits per heavy atom. The number of rotatable bonds is 5. The number of carbonyl (C=O) groups excluding carboxylic acids is 2. The highest BCUT2D eigenvalue weighted by atomic mass is 127. The van der Waals surface area contributed by atoms with Gasteiger partial charge in [0.2, 0.25) is 5.90 Å². The van der Waals surface area contributed by atoms with E-state index in [2.05, 4.69) is 54.9 Å². The van der Waals surface area contributed by atoms with Gasteiger partial charge in [-0.2, -0.15) is 0 Å². The Balaban J connectivity index is 1.86. The minimum absolute atomic E-state index is 0.0539. The van der Waals surface area contributed by atoms with E-state index in [0.717, 1.165) is 7.14 Å². The van der Waals surface area contributed by atoms with Crippen LogP contribution in [0.2, 0.25) is 0 Å². The van der Waals surface area contributed by atoms with Crippen LogP contribution in [0, 0.1) is 13.0 Å². The first-order chi connectivity index (χ1) is 13.4. The molecule has 1 aliphatic rings. The predicted molar refractivity (Wildman–Crippen MR) is 116 cm³/mol. The Bertz CT molecular complexity index is 996. The topological polar surface area (TPSA) is 74.2 Å². The van der Waals surface area contributed by atoms with Crippen molar-refractivity contribution in [3.63, 3.8) is 0 Å². The highest BCUT2D eigenvalue weighted by Crippen LogP contribution is 2.30. The number of carbonyl (C=O) groups is 2. The van der Waals surface area contributed by atoms with Gasteiger partial charge in [-0.3, -0.25) is 0 Å². The SMILES string of the molecule is COC(=O)COc1c(I)cc(/C=C2\N=C(c3cccc(F)c3)OC2=O)cc1I. The lowest BCUT2D eigenvalue weighted by Gasteiger charge is -2.10. The van der Waals surface area contributed by atoms with Crippen molar-refractivity contribution in [1.29, 1.82) is 0 Å². The summed E-state index contributed by atoms with van der Waals surface area (Å²) in [4.78, 5) is 27.5. The molecule has 0 fully saturated rings. The standard InChI is InChI=1S/C19H12FI2NO5/c1-26-16(24)9-27-17-13(21)5-10(6-14(17)22)7-15-19(25)28-18(23-15)11-3-2-4-12(20)8-11/h2-8H,9H2,1H3/b15-7-. The van der Waals surface area contributed by atoms with E-state index in [4.69, 9.17) is 9.47 Å². The van der Waals surface area contributed by atoms with Crippen molar-refractivity contribution in [3.8, 4) is 5.75 Å². The van der Waals surface area contributed by atoms with Crippen molar-refractivity contribution >= 4 is 69.1 Å². The lowest BCUT2D eigenvalue weighted by atomic mass is 10.2. The van der Waals surface area contributed by atoms with Gasteiger partial charge in [0.15, 0.2) is 12.3 Å². The molecule has 0 aromatic heterocycles. The van der Waals surface area contributed by atoms with Gasteiger partial charge in [0, 0.05) is 5.56 Å². The summed E-state index contributed by atoms with van der Waals surface area (Å²) in [6, 6.07) is 9.23. The van der Waals surface area contributed by atoms with E-state index < -0.39 is 17.8 Å². The number of nitrogens with zero attached hydrogens (tertiary/aromatic N) is 1. The number of aliphatic imine (C=N–C) groups is 1. The fourth-order valence-electron chi connectivity index (χ4n) is 2.30. The molecular weight excluding hydrogens is 595 g/mol. The van der Waals surface area contributed by atoms with E-state index in [-0.39, 0.29) is 18.2 Å². The third-order valence-corrected chi connectivity index (χ3v) is 5.18. The van der Waals surface area contributed by atoms with Gasteiger partial charge in [-0.05, 0) is 87.2 Å². The first kappa shape index (κ1) is 20.7. The van der Waals surface area contributed by atoms with Crippen molar-refractivity contribution in [3.05, 3.63) is 66.2 Å². The summed E-state index contributed by atoms with van der Waals surface area (Å²) in [5.41, 5.74) is 1.19. The van der Waals surface area contributed by atoms with Gasteiger partial charge in [0.25, 0.3) is 0 Å². The van der Waals surface area contributed by atoms with Crippen LogP contribution >= 0.6 is 45.2 Å². The Morgan fingerprint density at radius 3 is 2.61 bits per heavy atom. The van der Waals surface area contributed by atoms with Crippen molar-refractivity contribution in [2.75, 3.05) is 13.7 Å². The zero-order valence-corrected chi connectivity index (χ0v) is 18.7. The molecule has 6 nitrogen and oxygen atoms in total. The first-order valence-electron chi connectivity index (χ1n) is 7.84. The number of methoxy groups -OCH3 is 1. The van der Waals surface area contributed by atoms with Crippen LogP contribution in [0.3, 0.4) is 0 Å². The summed E-state index contributed by atoms with van der Waals surface area (Å²) >= 11 is 4.15. The Morgan fingerprint density at radius 1 is 1.25 bits per heavy atom. The van der Waals surface area contributed by atoms with Crippen LogP contribution in [0.5, 0.6) is 5.75 Å². The maximum Gasteiger partial charge on any atom is 0.363 e. The monoisotopic (exact) mass is 607 g/mol. The average Bonchev–Trinajstić information content (AvgIpc) is 3.01. The molecule has 0 saturated carbocycles. The largest absolute Gasteiger partial charge is 0.480 e. The molecule has 0 spiro atoms. The molecule has 144 valence electrons. The van der Waals surface area contributed by atoms with Gasteiger partial charge in [0.05, 0.1) is 14.3 Å². The quantitative estimate of drug-likeness (QED) is 0.293. The molecule has 0 amide bonds. The summed E-state index contributed by atoms with van der Waals surface area (Å²) in [6.07, 6.45) is 1.57. The minimum atomic E-state index is -0.615. The molecule has 0 N–H and O–H groups in total. The van der Waals surface area contributed by atoms with Crippen molar-refractivity contribution < 1.29 is 28.2 Å². The lowest BCUT2D eigenvalue weighted by molar-refractivity contribution is -0.143. The molecule has 28 heavy (non-hydrogen) atoms. The zero-order valence-electron chi connectivity index (χ0n) is 14.4. The van der Waals surface area contributed by atoms with E-state index in [1.807, 2.05) is 0 Å². The summed E-state index contributed by atoms with van der Waals surface area (Å²) < 4.78 is 30.1.